The van der Waals surface area contributed by atoms with Crippen LogP contribution < -0.4 is 0 Å². The van der Waals surface area contributed by atoms with Crippen molar-refractivity contribution in [3.8, 4) is 0 Å². The van der Waals surface area contributed by atoms with Gasteiger partial charge in [-0.3, -0.25) is 4.79 Å². The minimum Gasteiger partial charge on any atom is -0.452 e. The van der Waals surface area contributed by atoms with Crippen LogP contribution in [-0.2, 0) is 24.2 Å². The lowest BCUT2D eigenvalue weighted by atomic mass is 10.1. The van der Waals surface area contributed by atoms with Gasteiger partial charge >= 0.3 is 5.97 Å². The number of amides is 1. The number of rotatable bonds is 6. The van der Waals surface area contributed by atoms with Crippen molar-refractivity contribution in [2.24, 2.45) is 0 Å². The van der Waals surface area contributed by atoms with Gasteiger partial charge in [0.1, 0.15) is 0 Å². The van der Waals surface area contributed by atoms with Gasteiger partial charge in [0.25, 0.3) is 5.91 Å². The molecule has 1 atom stereocenters. The first kappa shape index (κ1) is 18.6. The summed E-state index contributed by atoms with van der Waals surface area (Å²) in [5.41, 5.74) is 1.96. The van der Waals surface area contributed by atoms with E-state index < -0.39 is 15.8 Å². The highest BCUT2D eigenvalue weighted by molar-refractivity contribution is 7.91. The molecule has 1 aromatic rings. The number of hydrogen-bond donors (Lipinski definition) is 0. The van der Waals surface area contributed by atoms with E-state index in [-0.39, 0.29) is 36.1 Å². The molecule has 1 aliphatic heterocycles. The summed E-state index contributed by atoms with van der Waals surface area (Å²) in [4.78, 5) is 26.0. The Labute approximate surface area is 153 Å². The first-order chi connectivity index (χ1) is 12.3. The van der Waals surface area contributed by atoms with Gasteiger partial charge < -0.3 is 9.64 Å². The lowest BCUT2D eigenvalue weighted by Crippen LogP contribution is -2.44. The van der Waals surface area contributed by atoms with E-state index >= 15 is 0 Å². The molecule has 1 saturated heterocycles. The Morgan fingerprint density at radius 2 is 2.00 bits per heavy atom. The summed E-state index contributed by atoms with van der Waals surface area (Å²) in [6.45, 7) is 1.61. The summed E-state index contributed by atoms with van der Waals surface area (Å²) in [6, 6.07) is 7.46. The second-order valence-corrected chi connectivity index (χ2v) is 9.17. The van der Waals surface area contributed by atoms with Gasteiger partial charge in [-0.15, -0.1) is 0 Å². The minimum absolute atomic E-state index is 0.0104. The van der Waals surface area contributed by atoms with E-state index in [1.807, 2.05) is 31.2 Å². The van der Waals surface area contributed by atoms with Gasteiger partial charge in [-0.25, -0.2) is 13.2 Å². The van der Waals surface area contributed by atoms with Crippen LogP contribution in [-0.4, -0.2) is 55.4 Å². The fraction of sp³-hybridized carbons (Fsp3) is 0.474. The molecule has 1 heterocycles. The van der Waals surface area contributed by atoms with Crippen LogP contribution in [0.5, 0.6) is 0 Å². The molecule has 140 valence electrons. The first-order valence-electron chi connectivity index (χ1n) is 8.77. The van der Waals surface area contributed by atoms with E-state index in [0.717, 1.165) is 24.0 Å². The van der Waals surface area contributed by atoms with E-state index in [0.29, 0.717) is 6.42 Å². The van der Waals surface area contributed by atoms with E-state index in [1.165, 1.54) is 6.08 Å². The lowest BCUT2D eigenvalue weighted by molar-refractivity contribution is -0.149. The maximum Gasteiger partial charge on any atom is 0.331 e. The van der Waals surface area contributed by atoms with Gasteiger partial charge in [-0.2, -0.15) is 0 Å². The SMILES string of the molecule is Cc1cccc(/C=C/C(=O)OCC(=O)N(C2CC2)[C@H]2CCS(=O)(=O)C2)c1. The number of benzene rings is 1. The Kier molecular flexibility index (Phi) is 5.46. The number of esters is 1. The molecule has 26 heavy (non-hydrogen) atoms. The maximum atomic E-state index is 12.5. The molecule has 2 aliphatic rings. The van der Waals surface area contributed by atoms with Crippen LogP contribution in [0.4, 0.5) is 0 Å². The Morgan fingerprint density at radius 1 is 1.23 bits per heavy atom. The fourth-order valence-electron chi connectivity index (χ4n) is 3.25. The molecular weight excluding hydrogens is 354 g/mol. The average molecular weight is 377 g/mol. The van der Waals surface area contributed by atoms with Crippen molar-refractivity contribution < 1.29 is 22.7 Å². The number of nitrogens with zero attached hydrogens (tertiary/aromatic N) is 1. The fourth-order valence-corrected chi connectivity index (χ4v) is 4.96. The number of ether oxygens (including phenoxy) is 1. The highest BCUT2D eigenvalue weighted by atomic mass is 32.2. The quantitative estimate of drug-likeness (QED) is 0.557. The molecule has 0 aromatic heterocycles. The zero-order chi connectivity index (χ0) is 18.7. The predicted octanol–water partition coefficient (Wildman–Crippen LogP) is 1.73. The van der Waals surface area contributed by atoms with Crippen LogP contribution in [0.1, 0.15) is 30.4 Å². The van der Waals surface area contributed by atoms with Crippen molar-refractivity contribution in [2.45, 2.75) is 38.3 Å². The standard InChI is InChI=1S/C19H23NO5S/c1-14-3-2-4-15(11-14)5-8-19(22)25-12-18(21)20(16-6-7-16)17-9-10-26(23,24)13-17/h2-5,8,11,16-17H,6-7,9-10,12-13H2,1H3/b8-5+/t17-/m0/s1. The van der Waals surface area contributed by atoms with Gasteiger partial charge in [0.05, 0.1) is 11.5 Å². The molecular formula is C19H23NO5S. The third-order valence-corrected chi connectivity index (χ3v) is 6.37. The summed E-state index contributed by atoms with van der Waals surface area (Å²) in [7, 11) is -3.07. The average Bonchev–Trinajstić information content (AvgIpc) is 3.34. The van der Waals surface area contributed by atoms with E-state index in [2.05, 4.69) is 0 Å². The summed E-state index contributed by atoms with van der Waals surface area (Å²) >= 11 is 0. The highest BCUT2D eigenvalue weighted by Crippen LogP contribution is 2.32. The van der Waals surface area contributed by atoms with Crippen molar-refractivity contribution in [1.82, 2.24) is 4.90 Å². The number of carbonyl (C=O) groups excluding carboxylic acids is 2. The number of aryl methyl sites for hydroxylation is 1. The van der Waals surface area contributed by atoms with Gasteiger partial charge in [-0.1, -0.05) is 29.8 Å². The second-order valence-electron chi connectivity index (χ2n) is 6.94. The molecule has 6 nitrogen and oxygen atoms in total. The van der Waals surface area contributed by atoms with Crippen molar-refractivity contribution in [3.63, 3.8) is 0 Å². The maximum absolute atomic E-state index is 12.5. The molecule has 1 amide bonds. The highest BCUT2D eigenvalue weighted by Gasteiger charge is 2.42. The number of sulfone groups is 1. The smallest absolute Gasteiger partial charge is 0.331 e. The van der Waals surface area contributed by atoms with Crippen LogP contribution in [0.25, 0.3) is 6.08 Å². The van der Waals surface area contributed by atoms with Crippen molar-refractivity contribution in [2.75, 3.05) is 18.1 Å². The number of hydrogen-bond acceptors (Lipinski definition) is 5. The van der Waals surface area contributed by atoms with Crippen LogP contribution in [0.3, 0.4) is 0 Å². The topological polar surface area (TPSA) is 80.8 Å². The largest absolute Gasteiger partial charge is 0.452 e. The monoisotopic (exact) mass is 377 g/mol. The third kappa shape index (κ3) is 4.94. The van der Waals surface area contributed by atoms with Gasteiger partial charge in [0, 0.05) is 18.2 Å². The van der Waals surface area contributed by atoms with Crippen molar-refractivity contribution >= 4 is 27.8 Å². The summed E-state index contributed by atoms with van der Waals surface area (Å²) in [5, 5.41) is 0. The Hall–Kier alpha value is -2.15. The van der Waals surface area contributed by atoms with Crippen LogP contribution in [0, 0.1) is 6.92 Å². The summed E-state index contributed by atoms with van der Waals surface area (Å²) < 4.78 is 28.4. The normalized spacial score (nSPS) is 21.7. The molecule has 3 rings (SSSR count). The number of carbonyl (C=O) groups is 2. The van der Waals surface area contributed by atoms with Crippen LogP contribution in [0.2, 0.25) is 0 Å². The first-order valence-corrected chi connectivity index (χ1v) is 10.6. The molecule has 1 aliphatic carbocycles. The van der Waals surface area contributed by atoms with Gasteiger partial charge in [-0.05, 0) is 37.8 Å². The Morgan fingerprint density at radius 3 is 2.62 bits per heavy atom. The zero-order valence-electron chi connectivity index (χ0n) is 14.8. The minimum atomic E-state index is -3.07. The second kappa shape index (κ2) is 7.61. The Bertz CT molecular complexity index is 826. The van der Waals surface area contributed by atoms with Crippen LogP contribution in [0.15, 0.2) is 30.3 Å². The molecule has 1 aromatic carbocycles. The lowest BCUT2D eigenvalue weighted by Gasteiger charge is -2.28. The summed E-state index contributed by atoms with van der Waals surface area (Å²) in [5.74, 6) is -0.773. The Balaban J connectivity index is 1.54. The van der Waals surface area contributed by atoms with Crippen LogP contribution >= 0.6 is 0 Å². The molecule has 1 saturated carbocycles. The molecule has 0 N–H and O–H groups in total. The molecule has 2 fully saturated rings. The summed E-state index contributed by atoms with van der Waals surface area (Å²) in [6.07, 6.45) is 5.16. The molecule has 0 spiro atoms. The molecule has 0 radical (unpaired) electrons. The van der Waals surface area contributed by atoms with E-state index in [1.54, 1.807) is 11.0 Å². The van der Waals surface area contributed by atoms with Gasteiger partial charge in [0.15, 0.2) is 16.4 Å². The van der Waals surface area contributed by atoms with E-state index in [4.69, 9.17) is 4.74 Å². The molecule has 0 bridgehead atoms. The van der Waals surface area contributed by atoms with Gasteiger partial charge in [0.2, 0.25) is 0 Å². The van der Waals surface area contributed by atoms with Crippen molar-refractivity contribution in [3.05, 3.63) is 41.5 Å². The van der Waals surface area contributed by atoms with Crippen molar-refractivity contribution in [1.29, 1.82) is 0 Å². The molecule has 0 unspecified atom stereocenters. The predicted molar refractivity (Wildman–Crippen MR) is 98.1 cm³/mol. The zero-order valence-corrected chi connectivity index (χ0v) is 15.6. The van der Waals surface area contributed by atoms with E-state index in [9.17, 15) is 18.0 Å². The molecule has 7 heteroatoms. The third-order valence-electron chi connectivity index (χ3n) is 4.62.